The summed E-state index contributed by atoms with van der Waals surface area (Å²) in [5, 5.41) is 6.88. The summed E-state index contributed by atoms with van der Waals surface area (Å²) in [6, 6.07) is 0.528. The molecule has 2 aliphatic rings. The summed E-state index contributed by atoms with van der Waals surface area (Å²) in [6.07, 6.45) is 5.66. The molecule has 0 aromatic carbocycles. The molecule has 0 saturated carbocycles. The van der Waals surface area contributed by atoms with E-state index in [1.54, 1.807) is 0 Å². The molecule has 0 aliphatic carbocycles. The predicted molar refractivity (Wildman–Crippen MR) is 110 cm³/mol. The van der Waals surface area contributed by atoms with Gasteiger partial charge in [0.25, 0.3) is 0 Å². The number of hydrogen-bond acceptors (Lipinski definition) is 4. The monoisotopic (exact) mass is 367 g/mol. The summed E-state index contributed by atoms with van der Waals surface area (Å²) in [7, 11) is 2.16. The third kappa shape index (κ3) is 7.41. The molecule has 2 atom stereocenters. The van der Waals surface area contributed by atoms with Gasteiger partial charge in [-0.1, -0.05) is 26.7 Å². The van der Waals surface area contributed by atoms with Crippen molar-refractivity contribution in [3.05, 3.63) is 0 Å². The molecule has 152 valence electrons. The van der Waals surface area contributed by atoms with Crippen molar-refractivity contribution in [2.45, 2.75) is 58.6 Å². The van der Waals surface area contributed by atoms with Crippen LogP contribution in [-0.4, -0.2) is 87.4 Å². The summed E-state index contributed by atoms with van der Waals surface area (Å²) < 4.78 is 5.85. The first-order valence-corrected chi connectivity index (χ1v) is 10.7. The van der Waals surface area contributed by atoms with Crippen molar-refractivity contribution in [1.29, 1.82) is 0 Å². The molecule has 6 nitrogen and oxygen atoms in total. The van der Waals surface area contributed by atoms with Gasteiger partial charge < -0.3 is 20.3 Å². The number of morpholine rings is 1. The van der Waals surface area contributed by atoms with Crippen LogP contribution in [0, 0.1) is 5.92 Å². The largest absolute Gasteiger partial charge is 0.374 e. The van der Waals surface area contributed by atoms with Gasteiger partial charge in [-0.15, -0.1) is 0 Å². The van der Waals surface area contributed by atoms with Gasteiger partial charge in [-0.05, 0) is 45.8 Å². The van der Waals surface area contributed by atoms with E-state index in [2.05, 4.69) is 48.3 Å². The number of guanidine groups is 1. The van der Waals surface area contributed by atoms with Gasteiger partial charge in [-0.25, -0.2) is 0 Å². The Morgan fingerprint density at radius 3 is 2.46 bits per heavy atom. The van der Waals surface area contributed by atoms with Crippen LogP contribution in [0.25, 0.3) is 0 Å². The number of nitrogens with zero attached hydrogens (tertiary/aromatic N) is 3. The van der Waals surface area contributed by atoms with Crippen LogP contribution in [0.3, 0.4) is 0 Å². The molecule has 2 heterocycles. The molecule has 0 spiro atoms. The van der Waals surface area contributed by atoms with E-state index in [0.29, 0.717) is 12.0 Å². The molecule has 0 aromatic heterocycles. The van der Waals surface area contributed by atoms with Crippen molar-refractivity contribution in [3.8, 4) is 0 Å². The van der Waals surface area contributed by atoms with Crippen molar-refractivity contribution in [3.63, 3.8) is 0 Å². The summed E-state index contributed by atoms with van der Waals surface area (Å²) in [4.78, 5) is 9.93. The van der Waals surface area contributed by atoms with Crippen LogP contribution >= 0.6 is 0 Å². The van der Waals surface area contributed by atoms with Crippen molar-refractivity contribution in [1.82, 2.24) is 20.4 Å². The number of nitrogens with one attached hydrogen (secondary N) is 2. The highest BCUT2D eigenvalue weighted by Gasteiger charge is 2.23. The maximum Gasteiger partial charge on any atom is 0.191 e. The van der Waals surface area contributed by atoms with Gasteiger partial charge in [0, 0.05) is 32.2 Å². The predicted octanol–water partition coefficient (Wildman–Crippen LogP) is 1.77. The Hall–Kier alpha value is -0.850. The number of hydrogen-bond donors (Lipinski definition) is 2. The summed E-state index contributed by atoms with van der Waals surface area (Å²) in [5.41, 5.74) is 0. The second-order valence-electron chi connectivity index (χ2n) is 8.12. The normalized spacial score (nSPS) is 25.1. The fourth-order valence-electron chi connectivity index (χ4n) is 3.90. The van der Waals surface area contributed by atoms with E-state index in [0.717, 1.165) is 45.3 Å². The minimum Gasteiger partial charge on any atom is -0.374 e. The molecule has 0 bridgehead atoms. The van der Waals surface area contributed by atoms with Gasteiger partial charge in [0.15, 0.2) is 5.96 Å². The molecule has 6 heteroatoms. The zero-order chi connectivity index (χ0) is 18.8. The topological polar surface area (TPSA) is 52.1 Å². The second kappa shape index (κ2) is 11.8. The van der Waals surface area contributed by atoms with Crippen LogP contribution in [-0.2, 0) is 4.74 Å². The van der Waals surface area contributed by atoms with E-state index >= 15 is 0 Å². The quantitative estimate of drug-likeness (QED) is 0.531. The lowest BCUT2D eigenvalue weighted by molar-refractivity contribution is -0.0161. The minimum atomic E-state index is 0.240. The zero-order valence-corrected chi connectivity index (χ0v) is 17.5. The molecule has 26 heavy (non-hydrogen) atoms. The fourth-order valence-corrected chi connectivity index (χ4v) is 3.90. The maximum absolute atomic E-state index is 5.85. The Morgan fingerprint density at radius 1 is 1.12 bits per heavy atom. The highest BCUT2D eigenvalue weighted by atomic mass is 16.5. The third-order valence-electron chi connectivity index (χ3n) is 5.50. The van der Waals surface area contributed by atoms with Gasteiger partial charge in [0.05, 0.1) is 19.3 Å². The number of aliphatic imine (C=N–C) groups is 1. The molecular weight excluding hydrogens is 326 g/mol. The van der Waals surface area contributed by atoms with E-state index < -0.39 is 0 Å². The number of ether oxygens (including phenoxy) is 1. The Bertz CT molecular complexity index is 407. The van der Waals surface area contributed by atoms with Gasteiger partial charge in [-0.2, -0.15) is 0 Å². The molecule has 0 amide bonds. The SMILES string of the molecule is CCNC(=NCC(C(C)C)N1CCCCCC1)NCC1CN(C)CCO1. The van der Waals surface area contributed by atoms with Gasteiger partial charge in [0.1, 0.15) is 0 Å². The molecule has 2 aliphatic heterocycles. The average molecular weight is 368 g/mol. The van der Waals surface area contributed by atoms with Crippen molar-refractivity contribution >= 4 is 5.96 Å². The summed E-state index contributed by atoms with van der Waals surface area (Å²) >= 11 is 0. The Morgan fingerprint density at radius 2 is 1.85 bits per heavy atom. The van der Waals surface area contributed by atoms with Gasteiger partial charge in [0.2, 0.25) is 0 Å². The standard InChI is InChI=1S/C20H41N5O/c1-5-21-20(22-14-18-16-24(4)12-13-26-18)23-15-19(17(2)3)25-10-8-6-7-9-11-25/h17-19H,5-16H2,1-4H3,(H2,21,22,23). The Kier molecular flexibility index (Phi) is 9.72. The first kappa shape index (κ1) is 21.5. The first-order valence-electron chi connectivity index (χ1n) is 10.7. The van der Waals surface area contributed by atoms with E-state index in [9.17, 15) is 0 Å². The summed E-state index contributed by atoms with van der Waals surface area (Å²) in [5.74, 6) is 1.54. The maximum atomic E-state index is 5.85. The van der Waals surface area contributed by atoms with E-state index in [1.165, 1.54) is 38.8 Å². The molecular formula is C20H41N5O. The smallest absolute Gasteiger partial charge is 0.191 e. The lowest BCUT2D eigenvalue weighted by atomic mass is 10.0. The number of likely N-dealkylation sites (tertiary alicyclic amines) is 1. The van der Waals surface area contributed by atoms with Crippen molar-refractivity contribution in [2.75, 3.05) is 59.5 Å². The summed E-state index contributed by atoms with van der Waals surface area (Å²) in [6.45, 7) is 14.6. The van der Waals surface area contributed by atoms with Gasteiger partial charge in [-0.3, -0.25) is 9.89 Å². The molecule has 0 radical (unpaired) electrons. The van der Waals surface area contributed by atoms with Crippen LogP contribution in [0.1, 0.15) is 46.5 Å². The van der Waals surface area contributed by atoms with Crippen LogP contribution in [0.15, 0.2) is 4.99 Å². The lowest BCUT2D eigenvalue weighted by Gasteiger charge is -2.33. The Labute approximate surface area is 160 Å². The highest BCUT2D eigenvalue weighted by molar-refractivity contribution is 5.79. The van der Waals surface area contributed by atoms with Crippen LogP contribution in [0.2, 0.25) is 0 Å². The molecule has 2 unspecified atom stereocenters. The molecule has 2 N–H and O–H groups in total. The van der Waals surface area contributed by atoms with Crippen LogP contribution < -0.4 is 10.6 Å². The van der Waals surface area contributed by atoms with E-state index in [1.807, 2.05) is 0 Å². The van der Waals surface area contributed by atoms with Crippen LogP contribution in [0.5, 0.6) is 0 Å². The van der Waals surface area contributed by atoms with E-state index in [-0.39, 0.29) is 6.10 Å². The first-order chi connectivity index (χ1) is 12.6. The van der Waals surface area contributed by atoms with Gasteiger partial charge >= 0.3 is 0 Å². The molecule has 2 rings (SSSR count). The number of rotatable bonds is 7. The number of likely N-dealkylation sites (N-methyl/N-ethyl adjacent to an activating group) is 1. The third-order valence-corrected chi connectivity index (χ3v) is 5.50. The minimum absolute atomic E-state index is 0.240. The molecule has 2 fully saturated rings. The molecule has 2 saturated heterocycles. The zero-order valence-electron chi connectivity index (χ0n) is 17.5. The van der Waals surface area contributed by atoms with Crippen LogP contribution in [0.4, 0.5) is 0 Å². The fraction of sp³-hybridized carbons (Fsp3) is 0.950. The lowest BCUT2D eigenvalue weighted by Crippen LogP contribution is -2.49. The Balaban J connectivity index is 1.89. The highest BCUT2D eigenvalue weighted by Crippen LogP contribution is 2.17. The second-order valence-corrected chi connectivity index (χ2v) is 8.12. The molecule has 0 aromatic rings. The average Bonchev–Trinajstić information content (AvgIpc) is 2.89. The van der Waals surface area contributed by atoms with Crippen molar-refractivity contribution in [2.24, 2.45) is 10.9 Å². The van der Waals surface area contributed by atoms with E-state index in [4.69, 9.17) is 9.73 Å². The van der Waals surface area contributed by atoms with Crippen molar-refractivity contribution < 1.29 is 4.74 Å².